The van der Waals surface area contributed by atoms with Crippen LogP contribution in [0.1, 0.15) is 16.1 Å². The summed E-state index contributed by atoms with van der Waals surface area (Å²) in [5.74, 6) is -0.0855. The Bertz CT molecular complexity index is 726. The average molecular weight is 254 g/mol. The van der Waals surface area contributed by atoms with Crippen molar-refractivity contribution < 1.29 is 4.79 Å². The summed E-state index contributed by atoms with van der Waals surface area (Å²) in [5.41, 5.74) is 2.56. The predicted molar refractivity (Wildman–Crippen MR) is 72.7 cm³/mol. The van der Waals surface area contributed by atoms with E-state index in [1.165, 1.54) is 0 Å². The van der Waals surface area contributed by atoms with Crippen LogP contribution in [0.3, 0.4) is 0 Å². The van der Waals surface area contributed by atoms with E-state index < -0.39 is 0 Å². The van der Waals surface area contributed by atoms with Gasteiger partial charge in [-0.1, -0.05) is 6.07 Å². The fourth-order valence-corrected chi connectivity index (χ4v) is 2.03. The van der Waals surface area contributed by atoms with E-state index in [0.717, 1.165) is 16.6 Å². The molecule has 0 atom stereocenters. The molecule has 1 amide bonds. The molecule has 0 aliphatic rings. The van der Waals surface area contributed by atoms with Gasteiger partial charge in [0, 0.05) is 29.9 Å². The fraction of sp³-hybridized carbons (Fsp3) is 0.143. The summed E-state index contributed by atoms with van der Waals surface area (Å²) in [5, 5.41) is 10.7. The Kier molecular flexibility index (Phi) is 2.79. The lowest BCUT2D eigenvalue weighted by molar-refractivity contribution is 0.0950. The van der Waals surface area contributed by atoms with Crippen molar-refractivity contribution in [3.05, 3.63) is 54.0 Å². The lowest BCUT2D eigenvalue weighted by Crippen LogP contribution is -2.23. The molecule has 5 heteroatoms. The lowest BCUT2D eigenvalue weighted by atomic mass is 10.1. The zero-order valence-electron chi connectivity index (χ0n) is 10.6. The van der Waals surface area contributed by atoms with Crippen LogP contribution in [0.2, 0.25) is 0 Å². The molecule has 0 fully saturated rings. The average Bonchev–Trinajstić information content (AvgIpc) is 3.03. The van der Waals surface area contributed by atoms with Crippen molar-refractivity contribution in [3.63, 3.8) is 0 Å². The Hall–Kier alpha value is -2.56. The normalized spacial score (nSPS) is 10.8. The number of aromatic amines is 1. The van der Waals surface area contributed by atoms with Gasteiger partial charge in [0.05, 0.1) is 18.3 Å². The van der Waals surface area contributed by atoms with E-state index >= 15 is 0 Å². The summed E-state index contributed by atoms with van der Waals surface area (Å²) >= 11 is 0. The standard InChI is InChI=1S/C14H14N4O/c1-18-6-2-3-12(18)9-15-14(19)10-4-5-11-8-16-17-13(11)7-10/h2-8H,9H2,1H3,(H,15,19)(H,16,17). The first kappa shape index (κ1) is 11.5. The van der Waals surface area contributed by atoms with Gasteiger partial charge in [0.15, 0.2) is 0 Å². The monoisotopic (exact) mass is 254 g/mol. The molecule has 2 aromatic heterocycles. The maximum atomic E-state index is 12.1. The molecule has 5 nitrogen and oxygen atoms in total. The molecule has 2 heterocycles. The van der Waals surface area contributed by atoms with Crippen LogP contribution >= 0.6 is 0 Å². The third-order valence-corrected chi connectivity index (χ3v) is 3.19. The van der Waals surface area contributed by atoms with Gasteiger partial charge < -0.3 is 9.88 Å². The van der Waals surface area contributed by atoms with E-state index in [2.05, 4.69) is 15.5 Å². The molecule has 19 heavy (non-hydrogen) atoms. The molecule has 3 rings (SSSR count). The number of H-pyrrole nitrogens is 1. The minimum Gasteiger partial charge on any atom is -0.353 e. The molecular weight excluding hydrogens is 240 g/mol. The highest BCUT2D eigenvalue weighted by atomic mass is 16.1. The van der Waals surface area contributed by atoms with Gasteiger partial charge in [0.2, 0.25) is 0 Å². The molecule has 2 N–H and O–H groups in total. The number of benzene rings is 1. The molecule has 0 saturated carbocycles. The highest BCUT2D eigenvalue weighted by Gasteiger charge is 2.07. The van der Waals surface area contributed by atoms with Gasteiger partial charge in [-0.25, -0.2) is 0 Å². The number of aryl methyl sites for hydroxylation is 1. The minimum absolute atomic E-state index is 0.0855. The molecule has 0 spiro atoms. The third-order valence-electron chi connectivity index (χ3n) is 3.19. The first-order valence-corrected chi connectivity index (χ1v) is 6.05. The number of hydrogen-bond acceptors (Lipinski definition) is 2. The largest absolute Gasteiger partial charge is 0.353 e. The van der Waals surface area contributed by atoms with E-state index in [-0.39, 0.29) is 5.91 Å². The van der Waals surface area contributed by atoms with Crippen LogP contribution in [0, 0.1) is 0 Å². The molecule has 0 aliphatic heterocycles. The Morgan fingerprint density at radius 1 is 1.42 bits per heavy atom. The first-order chi connectivity index (χ1) is 9.24. The summed E-state index contributed by atoms with van der Waals surface area (Å²) in [6.07, 6.45) is 3.69. The van der Waals surface area contributed by atoms with Crippen molar-refractivity contribution in [1.82, 2.24) is 20.1 Å². The number of hydrogen-bond donors (Lipinski definition) is 2. The van der Waals surface area contributed by atoms with Crippen LogP contribution in [-0.2, 0) is 13.6 Å². The maximum Gasteiger partial charge on any atom is 0.251 e. The quantitative estimate of drug-likeness (QED) is 0.749. The van der Waals surface area contributed by atoms with Gasteiger partial charge in [-0.05, 0) is 24.3 Å². The highest BCUT2D eigenvalue weighted by Crippen LogP contribution is 2.12. The topological polar surface area (TPSA) is 62.7 Å². The van der Waals surface area contributed by atoms with Gasteiger partial charge in [0.1, 0.15) is 0 Å². The zero-order chi connectivity index (χ0) is 13.2. The summed E-state index contributed by atoms with van der Waals surface area (Å²) in [6, 6.07) is 9.44. The van der Waals surface area contributed by atoms with Crippen LogP contribution in [0.5, 0.6) is 0 Å². The number of nitrogens with one attached hydrogen (secondary N) is 2. The Morgan fingerprint density at radius 2 is 2.32 bits per heavy atom. The number of amides is 1. The second-order valence-electron chi connectivity index (χ2n) is 4.47. The zero-order valence-corrected chi connectivity index (χ0v) is 10.6. The van der Waals surface area contributed by atoms with E-state index in [4.69, 9.17) is 0 Å². The molecular formula is C14H14N4O. The summed E-state index contributed by atoms with van der Waals surface area (Å²) < 4.78 is 1.98. The second kappa shape index (κ2) is 4.61. The third kappa shape index (κ3) is 2.22. The molecule has 3 aromatic rings. The number of fused-ring (bicyclic) bond motifs is 1. The van der Waals surface area contributed by atoms with Crippen molar-refractivity contribution in [3.8, 4) is 0 Å². The molecule has 1 aromatic carbocycles. The first-order valence-electron chi connectivity index (χ1n) is 6.05. The van der Waals surface area contributed by atoms with Gasteiger partial charge in [-0.15, -0.1) is 0 Å². The van der Waals surface area contributed by atoms with Crippen LogP contribution in [0.4, 0.5) is 0 Å². The number of rotatable bonds is 3. The van der Waals surface area contributed by atoms with Crippen LogP contribution in [0.15, 0.2) is 42.7 Å². The Morgan fingerprint density at radius 3 is 3.11 bits per heavy atom. The predicted octanol–water partition coefficient (Wildman–Crippen LogP) is 1.83. The van der Waals surface area contributed by atoms with Crippen LogP contribution in [0.25, 0.3) is 10.9 Å². The fourth-order valence-electron chi connectivity index (χ4n) is 2.03. The molecule has 96 valence electrons. The summed E-state index contributed by atoms with van der Waals surface area (Å²) in [6.45, 7) is 0.517. The van der Waals surface area contributed by atoms with Crippen molar-refractivity contribution >= 4 is 16.8 Å². The van der Waals surface area contributed by atoms with Crippen LogP contribution in [-0.4, -0.2) is 20.7 Å². The molecule has 0 bridgehead atoms. The minimum atomic E-state index is -0.0855. The van der Waals surface area contributed by atoms with Gasteiger partial charge in [-0.3, -0.25) is 9.89 Å². The van der Waals surface area contributed by atoms with Crippen molar-refractivity contribution in [1.29, 1.82) is 0 Å². The van der Waals surface area contributed by atoms with E-state index in [9.17, 15) is 4.79 Å². The smallest absolute Gasteiger partial charge is 0.251 e. The van der Waals surface area contributed by atoms with Crippen molar-refractivity contribution in [2.24, 2.45) is 7.05 Å². The molecule has 0 radical (unpaired) electrons. The van der Waals surface area contributed by atoms with Gasteiger partial charge in [0.25, 0.3) is 5.91 Å². The van der Waals surface area contributed by atoms with E-state index in [0.29, 0.717) is 12.1 Å². The van der Waals surface area contributed by atoms with E-state index in [1.54, 1.807) is 12.3 Å². The lowest BCUT2D eigenvalue weighted by Gasteiger charge is -2.06. The Balaban J connectivity index is 1.74. The molecule has 0 aliphatic carbocycles. The number of carbonyl (C=O) groups excluding carboxylic acids is 1. The molecule has 0 unspecified atom stereocenters. The number of aromatic nitrogens is 3. The SMILES string of the molecule is Cn1cccc1CNC(=O)c1ccc2cn[nH]c2c1. The highest BCUT2D eigenvalue weighted by molar-refractivity contribution is 5.97. The maximum absolute atomic E-state index is 12.1. The summed E-state index contributed by atoms with van der Waals surface area (Å²) in [4.78, 5) is 12.1. The number of carbonyl (C=O) groups is 1. The number of nitrogens with zero attached hydrogens (tertiary/aromatic N) is 2. The van der Waals surface area contributed by atoms with Crippen molar-refractivity contribution in [2.75, 3.05) is 0 Å². The summed E-state index contributed by atoms with van der Waals surface area (Å²) in [7, 11) is 1.96. The van der Waals surface area contributed by atoms with Gasteiger partial charge >= 0.3 is 0 Å². The van der Waals surface area contributed by atoms with Crippen molar-refractivity contribution in [2.45, 2.75) is 6.54 Å². The van der Waals surface area contributed by atoms with Crippen LogP contribution < -0.4 is 5.32 Å². The van der Waals surface area contributed by atoms with E-state index in [1.807, 2.05) is 42.1 Å². The van der Waals surface area contributed by atoms with Gasteiger partial charge in [-0.2, -0.15) is 5.10 Å². The second-order valence-corrected chi connectivity index (χ2v) is 4.47. The Labute approximate surface area is 110 Å². The molecule has 0 saturated heterocycles.